The van der Waals surface area contributed by atoms with Crippen LogP contribution in [0.3, 0.4) is 0 Å². The fourth-order valence-electron chi connectivity index (χ4n) is 1.67. The maximum atomic E-state index is 11.7. The van der Waals surface area contributed by atoms with Crippen molar-refractivity contribution >= 4 is 45.3 Å². The number of nitrogens with one attached hydrogen (secondary N) is 1. The minimum Gasteiger partial charge on any atom is -0.483 e. The number of benzene rings is 2. The number of hydrogen-bond donors (Lipinski definition) is 1. The van der Waals surface area contributed by atoms with Crippen LogP contribution in [0, 0.1) is 10.1 Å². The second kappa shape index (κ2) is 8.42. The van der Waals surface area contributed by atoms with Crippen LogP contribution < -0.4 is 10.2 Å². The monoisotopic (exact) mass is 411 g/mol. The molecule has 0 atom stereocenters. The number of carbonyl (C=O) groups excluding carboxylic acids is 1. The van der Waals surface area contributed by atoms with E-state index in [0.717, 1.165) is 0 Å². The van der Waals surface area contributed by atoms with Gasteiger partial charge in [-0.05, 0) is 34.1 Å². The minimum atomic E-state index is -0.506. The summed E-state index contributed by atoms with van der Waals surface area (Å²) >= 11 is 9.08. The molecule has 124 valence electrons. The van der Waals surface area contributed by atoms with Crippen LogP contribution in [0.2, 0.25) is 5.02 Å². The van der Waals surface area contributed by atoms with Crippen LogP contribution in [0.1, 0.15) is 5.56 Å². The van der Waals surface area contributed by atoms with Crippen LogP contribution >= 0.6 is 27.5 Å². The smallest absolute Gasteiger partial charge is 0.277 e. The number of carbonyl (C=O) groups is 1. The van der Waals surface area contributed by atoms with Gasteiger partial charge in [0.2, 0.25) is 0 Å². The highest BCUT2D eigenvalue weighted by molar-refractivity contribution is 9.10. The third kappa shape index (κ3) is 5.32. The third-order valence-corrected chi connectivity index (χ3v) is 3.59. The fourth-order valence-corrected chi connectivity index (χ4v) is 2.46. The summed E-state index contributed by atoms with van der Waals surface area (Å²) in [5, 5.41) is 14.9. The van der Waals surface area contributed by atoms with Gasteiger partial charge in [0.15, 0.2) is 6.61 Å². The maximum Gasteiger partial charge on any atom is 0.277 e. The number of hydrazone groups is 1. The molecule has 0 unspecified atom stereocenters. The molecule has 0 saturated heterocycles. The molecular formula is C15H11BrClN3O4. The van der Waals surface area contributed by atoms with Crippen molar-refractivity contribution in [2.45, 2.75) is 0 Å². The summed E-state index contributed by atoms with van der Waals surface area (Å²) in [6, 6.07) is 10.8. The number of amides is 1. The lowest BCUT2D eigenvalue weighted by Gasteiger charge is -2.07. The van der Waals surface area contributed by atoms with Crippen molar-refractivity contribution in [2.24, 2.45) is 5.10 Å². The van der Waals surface area contributed by atoms with Gasteiger partial charge < -0.3 is 4.74 Å². The third-order valence-electron chi connectivity index (χ3n) is 2.74. The molecule has 0 fully saturated rings. The number of nitrogens with zero attached hydrogens (tertiary/aromatic N) is 2. The highest BCUT2D eigenvalue weighted by Gasteiger charge is 2.06. The molecule has 2 rings (SSSR count). The average Bonchev–Trinajstić information content (AvgIpc) is 2.54. The molecular weight excluding hydrogens is 402 g/mol. The lowest BCUT2D eigenvalue weighted by Crippen LogP contribution is -2.24. The van der Waals surface area contributed by atoms with Crippen LogP contribution in [0.4, 0.5) is 5.69 Å². The van der Waals surface area contributed by atoms with Gasteiger partial charge in [-0.1, -0.05) is 23.7 Å². The van der Waals surface area contributed by atoms with E-state index < -0.39 is 10.8 Å². The van der Waals surface area contributed by atoms with Crippen LogP contribution in [-0.4, -0.2) is 23.7 Å². The number of nitro groups is 1. The predicted octanol–water partition coefficient (Wildman–Crippen LogP) is 3.54. The second-order valence-electron chi connectivity index (χ2n) is 4.51. The molecule has 0 spiro atoms. The van der Waals surface area contributed by atoms with Crippen LogP contribution in [0.15, 0.2) is 52.0 Å². The van der Waals surface area contributed by atoms with Gasteiger partial charge in [-0.25, -0.2) is 5.43 Å². The second-order valence-corrected chi connectivity index (χ2v) is 5.80. The molecule has 7 nitrogen and oxygen atoms in total. The van der Waals surface area contributed by atoms with E-state index in [0.29, 0.717) is 20.8 Å². The van der Waals surface area contributed by atoms with Crippen LogP contribution in [-0.2, 0) is 4.79 Å². The zero-order valence-corrected chi connectivity index (χ0v) is 14.5. The Hall–Kier alpha value is -2.45. The zero-order valence-electron chi connectivity index (χ0n) is 12.1. The first-order valence-electron chi connectivity index (χ1n) is 6.60. The molecule has 0 aromatic heterocycles. The maximum absolute atomic E-state index is 11.7. The summed E-state index contributed by atoms with van der Waals surface area (Å²) in [5.41, 5.74) is 2.71. The molecule has 9 heteroatoms. The van der Waals surface area contributed by atoms with E-state index in [1.807, 2.05) is 0 Å². The lowest BCUT2D eigenvalue weighted by atomic mass is 10.2. The molecule has 0 saturated carbocycles. The normalized spacial score (nSPS) is 10.6. The highest BCUT2D eigenvalue weighted by atomic mass is 79.9. The summed E-state index contributed by atoms with van der Waals surface area (Å²) in [5.74, 6) is -0.00394. The van der Waals surface area contributed by atoms with Gasteiger partial charge in [0, 0.05) is 22.7 Å². The van der Waals surface area contributed by atoms with Gasteiger partial charge in [-0.3, -0.25) is 14.9 Å². The Bertz CT molecular complexity index is 798. The first-order valence-corrected chi connectivity index (χ1v) is 7.77. The SMILES string of the molecule is O=C(COc1ccc(Cl)cc1Br)NN=Cc1cccc([N+](=O)[O-])c1. The van der Waals surface area contributed by atoms with Crippen molar-refractivity contribution in [3.8, 4) is 5.75 Å². The standard InChI is InChI=1S/C15H11BrClN3O4/c16-13-7-11(17)4-5-14(13)24-9-15(21)19-18-8-10-2-1-3-12(6-10)20(22)23/h1-8H,9H2,(H,19,21). The van der Waals surface area contributed by atoms with Crippen molar-refractivity contribution < 1.29 is 14.5 Å². The Kier molecular flexibility index (Phi) is 6.28. The largest absolute Gasteiger partial charge is 0.483 e. The van der Waals surface area contributed by atoms with Gasteiger partial charge in [0.25, 0.3) is 11.6 Å². The predicted molar refractivity (Wildman–Crippen MR) is 93.5 cm³/mol. The summed E-state index contributed by atoms with van der Waals surface area (Å²) in [7, 11) is 0. The summed E-state index contributed by atoms with van der Waals surface area (Å²) in [6.07, 6.45) is 1.31. The van der Waals surface area contributed by atoms with Crippen molar-refractivity contribution in [3.05, 3.63) is 67.6 Å². The van der Waals surface area contributed by atoms with E-state index in [1.54, 1.807) is 24.3 Å². The number of non-ortho nitro benzene ring substituents is 1. The van der Waals surface area contributed by atoms with Crippen molar-refractivity contribution in [1.82, 2.24) is 5.43 Å². The van der Waals surface area contributed by atoms with Gasteiger partial charge in [-0.15, -0.1) is 0 Å². The number of nitro benzene ring substituents is 1. The van der Waals surface area contributed by atoms with Crippen molar-refractivity contribution in [3.63, 3.8) is 0 Å². The Morgan fingerprint density at radius 2 is 2.17 bits per heavy atom. The van der Waals surface area contributed by atoms with Gasteiger partial charge in [0.05, 0.1) is 15.6 Å². The number of ether oxygens (including phenoxy) is 1. The molecule has 0 aliphatic heterocycles. The van der Waals surface area contributed by atoms with E-state index in [1.165, 1.54) is 24.4 Å². The molecule has 1 amide bonds. The van der Waals surface area contributed by atoms with Gasteiger partial charge in [-0.2, -0.15) is 5.10 Å². The number of hydrogen-bond acceptors (Lipinski definition) is 5. The Morgan fingerprint density at radius 3 is 2.88 bits per heavy atom. The first kappa shape index (κ1) is 17.9. The fraction of sp³-hybridized carbons (Fsp3) is 0.0667. The van der Waals surface area contributed by atoms with E-state index >= 15 is 0 Å². The Labute approximate surface area is 150 Å². The first-order chi connectivity index (χ1) is 11.5. The molecule has 2 aromatic rings. The molecule has 0 radical (unpaired) electrons. The number of halogens is 2. The molecule has 2 aromatic carbocycles. The molecule has 0 aliphatic carbocycles. The molecule has 24 heavy (non-hydrogen) atoms. The molecule has 0 bridgehead atoms. The quantitative estimate of drug-likeness (QED) is 0.446. The van der Waals surface area contributed by atoms with Crippen molar-refractivity contribution in [2.75, 3.05) is 6.61 Å². The van der Waals surface area contributed by atoms with E-state index in [2.05, 4.69) is 26.5 Å². The topological polar surface area (TPSA) is 93.8 Å². The van der Waals surface area contributed by atoms with E-state index in [4.69, 9.17) is 16.3 Å². The van der Waals surface area contributed by atoms with Crippen LogP contribution in [0.5, 0.6) is 5.75 Å². The Balaban J connectivity index is 1.86. The highest BCUT2D eigenvalue weighted by Crippen LogP contribution is 2.27. The Morgan fingerprint density at radius 1 is 1.38 bits per heavy atom. The van der Waals surface area contributed by atoms with E-state index in [9.17, 15) is 14.9 Å². The summed E-state index contributed by atoms with van der Waals surface area (Å²) in [6.45, 7) is -0.244. The molecule has 0 heterocycles. The number of rotatable bonds is 6. The zero-order chi connectivity index (χ0) is 17.5. The molecule has 1 N–H and O–H groups in total. The van der Waals surface area contributed by atoms with Crippen LogP contribution in [0.25, 0.3) is 0 Å². The van der Waals surface area contributed by atoms with E-state index in [-0.39, 0.29) is 12.3 Å². The van der Waals surface area contributed by atoms with Gasteiger partial charge in [0.1, 0.15) is 5.75 Å². The summed E-state index contributed by atoms with van der Waals surface area (Å²) < 4.78 is 5.95. The molecule has 0 aliphatic rings. The average molecular weight is 413 g/mol. The van der Waals surface area contributed by atoms with Crippen molar-refractivity contribution in [1.29, 1.82) is 0 Å². The van der Waals surface area contributed by atoms with Gasteiger partial charge >= 0.3 is 0 Å². The minimum absolute atomic E-state index is 0.0544. The summed E-state index contributed by atoms with van der Waals surface area (Å²) in [4.78, 5) is 21.8. The lowest BCUT2D eigenvalue weighted by molar-refractivity contribution is -0.384.